The Balaban J connectivity index is 1.58. The maximum absolute atomic E-state index is 12.3. The number of nitro groups is 1. The van der Waals surface area contributed by atoms with Crippen molar-refractivity contribution in [1.29, 1.82) is 0 Å². The maximum Gasteiger partial charge on any atom is 0.271 e. The second kappa shape index (κ2) is 8.27. The van der Waals surface area contributed by atoms with Crippen LogP contribution in [0.3, 0.4) is 0 Å². The topological polar surface area (TPSA) is 103 Å². The van der Waals surface area contributed by atoms with Gasteiger partial charge in [0, 0.05) is 23.3 Å². The smallest absolute Gasteiger partial charge is 0.271 e. The van der Waals surface area contributed by atoms with Gasteiger partial charge in [0.25, 0.3) is 11.6 Å². The number of nitro benzene ring substituents is 1. The summed E-state index contributed by atoms with van der Waals surface area (Å²) in [4.78, 5) is 22.6. The molecule has 0 fully saturated rings. The molecular weight excluding hydrogens is 386 g/mol. The van der Waals surface area contributed by atoms with E-state index in [-0.39, 0.29) is 11.3 Å². The number of carbonyl (C=O) groups excluding carboxylic acids is 1. The minimum Gasteiger partial charge on any atom is -0.449 e. The summed E-state index contributed by atoms with van der Waals surface area (Å²) < 4.78 is 11.9. The number of rotatable bonds is 5. The van der Waals surface area contributed by atoms with E-state index in [0.29, 0.717) is 23.0 Å². The van der Waals surface area contributed by atoms with Crippen LogP contribution in [0.15, 0.2) is 89.7 Å². The highest BCUT2D eigenvalue weighted by Gasteiger charge is 2.21. The standard InChI is InChI=1S/C22H15N3O5/c26-22(16-9-6-10-17(13-16)25(27)28)24-23-14-20-21(15-7-2-1-3-8-15)30-19-12-5-4-11-18(19)29-20/h1-14H,(H,24,26)/b23-14-. The van der Waals surface area contributed by atoms with Crippen molar-refractivity contribution in [3.05, 3.63) is 106 Å². The van der Waals surface area contributed by atoms with Gasteiger partial charge >= 0.3 is 0 Å². The second-order valence-electron chi connectivity index (χ2n) is 6.22. The normalized spacial score (nSPS) is 12.7. The van der Waals surface area contributed by atoms with E-state index in [9.17, 15) is 14.9 Å². The summed E-state index contributed by atoms with van der Waals surface area (Å²) in [5, 5.41) is 14.8. The fourth-order valence-electron chi connectivity index (χ4n) is 2.79. The van der Waals surface area contributed by atoms with Crippen LogP contribution in [0.25, 0.3) is 5.76 Å². The Bertz CT molecular complexity index is 1170. The molecule has 1 heterocycles. The zero-order valence-electron chi connectivity index (χ0n) is 15.5. The lowest BCUT2D eigenvalue weighted by molar-refractivity contribution is -0.384. The van der Waals surface area contributed by atoms with Gasteiger partial charge in [0.05, 0.1) is 11.1 Å². The van der Waals surface area contributed by atoms with Gasteiger partial charge in [-0.25, -0.2) is 5.43 Å². The third-order valence-corrected chi connectivity index (χ3v) is 4.21. The number of carbonyl (C=O) groups is 1. The molecule has 0 saturated carbocycles. The van der Waals surface area contributed by atoms with Crippen LogP contribution < -0.4 is 14.9 Å². The molecule has 0 spiro atoms. The first-order valence-electron chi connectivity index (χ1n) is 8.94. The predicted octanol–water partition coefficient (Wildman–Crippen LogP) is 4.15. The summed E-state index contributed by atoms with van der Waals surface area (Å²) in [7, 11) is 0. The van der Waals surface area contributed by atoms with E-state index in [2.05, 4.69) is 10.5 Å². The lowest BCUT2D eigenvalue weighted by atomic mass is 10.1. The van der Waals surface area contributed by atoms with Crippen LogP contribution >= 0.6 is 0 Å². The number of hydrogen-bond donors (Lipinski definition) is 1. The van der Waals surface area contributed by atoms with Crippen LogP contribution in [0.5, 0.6) is 11.5 Å². The van der Waals surface area contributed by atoms with Crippen LogP contribution in [0, 0.1) is 10.1 Å². The fraction of sp³-hybridized carbons (Fsp3) is 0. The molecule has 0 unspecified atom stereocenters. The van der Waals surface area contributed by atoms with Gasteiger partial charge in [-0.2, -0.15) is 5.10 Å². The highest BCUT2D eigenvalue weighted by atomic mass is 16.6. The number of benzene rings is 3. The summed E-state index contributed by atoms with van der Waals surface area (Å²) in [5.74, 6) is 1.24. The molecule has 0 aliphatic carbocycles. The quantitative estimate of drug-likeness (QED) is 0.393. The van der Waals surface area contributed by atoms with Gasteiger partial charge in [-0.05, 0) is 18.2 Å². The second-order valence-corrected chi connectivity index (χ2v) is 6.22. The summed E-state index contributed by atoms with van der Waals surface area (Å²) in [5.41, 5.74) is 3.06. The van der Waals surface area contributed by atoms with Crippen molar-refractivity contribution in [2.75, 3.05) is 0 Å². The van der Waals surface area contributed by atoms with Crippen LogP contribution in [-0.2, 0) is 0 Å². The number of para-hydroxylation sites is 2. The number of ether oxygens (including phenoxy) is 2. The van der Waals surface area contributed by atoms with E-state index in [1.54, 1.807) is 12.1 Å². The molecule has 0 saturated heterocycles. The van der Waals surface area contributed by atoms with Crippen molar-refractivity contribution >= 4 is 23.6 Å². The number of nitrogens with zero attached hydrogens (tertiary/aromatic N) is 2. The number of hydrazone groups is 1. The predicted molar refractivity (Wildman–Crippen MR) is 110 cm³/mol. The van der Waals surface area contributed by atoms with E-state index in [1.807, 2.05) is 42.5 Å². The van der Waals surface area contributed by atoms with E-state index < -0.39 is 10.8 Å². The minimum atomic E-state index is -0.589. The number of allylic oxidation sites excluding steroid dienone is 1. The number of amides is 1. The van der Waals surface area contributed by atoms with Crippen molar-refractivity contribution < 1.29 is 19.2 Å². The highest BCUT2D eigenvalue weighted by Crippen LogP contribution is 2.37. The SMILES string of the molecule is O=C(N/N=C\C1=C(c2ccccc2)Oc2ccccc2O1)c1cccc([N+](=O)[O-])c1. The number of fused-ring (bicyclic) bond motifs is 1. The first-order chi connectivity index (χ1) is 14.6. The van der Waals surface area contributed by atoms with Crippen LogP contribution in [0.2, 0.25) is 0 Å². The Labute approximate surface area is 171 Å². The first kappa shape index (κ1) is 18.9. The summed E-state index contributed by atoms with van der Waals surface area (Å²) >= 11 is 0. The van der Waals surface area contributed by atoms with Gasteiger partial charge < -0.3 is 9.47 Å². The van der Waals surface area contributed by atoms with Crippen molar-refractivity contribution in [2.24, 2.45) is 5.10 Å². The largest absolute Gasteiger partial charge is 0.449 e. The third kappa shape index (κ3) is 4.02. The number of hydrogen-bond acceptors (Lipinski definition) is 6. The molecule has 8 nitrogen and oxygen atoms in total. The maximum atomic E-state index is 12.3. The molecule has 0 radical (unpaired) electrons. The van der Waals surface area contributed by atoms with Crippen molar-refractivity contribution in [3.8, 4) is 11.5 Å². The average Bonchev–Trinajstić information content (AvgIpc) is 2.79. The molecular formula is C22H15N3O5. The summed E-state index contributed by atoms with van der Waals surface area (Å²) in [6, 6.07) is 21.9. The molecule has 0 bridgehead atoms. The van der Waals surface area contributed by atoms with E-state index in [4.69, 9.17) is 9.47 Å². The zero-order chi connectivity index (χ0) is 20.9. The number of non-ortho nitro benzene ring substituents is 1. The van der Waals surface area contributed by atoms with Gasteiger partial charge in [0.15, 0.2) is 23.0 Å². The van der Waals surface area contributed by atoms with Crippen molar-refractivity contribution in [1.82, 2.24) is 5.43 Å². The zero-order valence-corrected chi connectivity index (χ0v) is 15.5. The van der Waals surface area contributed by atoms with Gasteiger partial charge in [-0.3, -0.25) is 14.9 Å². The van der Waals surface area contributed by atoms with E-state index in [0.717, 1.165) is 5.56 Å². The Morgan fingerprint density at radius 2 is 1.63 bits per heavy atom. The van der Waals surface area contributed by atoms with E-state index in [1.165, 1.54) is 30.5 Å². The molecule has 1 amide bonds. The van der Waals surface area contributed by atoms with Crippen LogP contribution in [-0.4, -0.2) is 17.0 Å². The Morgan fingerprint density at radius 3 is 2.37 bits per heavy atom. The van der Waals surface area contributed by atoms with Crippen LogP contribution in [0.4, 0.5) is 5.69 Å². The Hall–Kier alpha value is -4.46. The van der Waals surface area contributed by atoms with Gasteiger partial charge in [-0.15, -0.1) is 0 Å². The van der Waals surface area contributed by atoms with Crippen molar-refractivity contribution in [2.45, 2.75) is 0 Å². The van der Waals surface area contributed by atoms with Crippen molar-refractivity contribution in [3.63, 3.8) is 0 Å². The fourth-order valence-corrected chi connectivity index (χ4v) is 2.79. The molecule has 4 rings (SSSR count). The van der Waals surface area contributed by atoms with Gasteiger partial charge in [0.1, 0.15) is 0 Å². The summed E-state index contributed by atoms with van der Waals surface area (Å²) in [6.45, 7) is 0. The Kier molecular flexibility index (Phi) is 5.21. The number of nitrogens with one attached hydrogen (secondary N) is 1. The van der Waals surface area contributed by atoms with Crippen LogP contribution in [0.1, 0.15) is 15.9 Å². The van der Waals surface area contributed by atoms with Gasteiger partial charge in [0.2, 0.25) is 0 Å². The molecule has 1 N–H and O–H groups in total. The third-order valence-electron chi connectivity index (χ3n) is 4.21. The molecule has 0 aromatic heterocycles. The molecule has 148 valence electrons. The molecule has 0 atom stereocenters. The lowest BCUT2D eigenvalue weighted by Gasteiger charge is -2.21. The molecule has 1 aliphatic heterocycles. The lowest BCUT2D eigenvalue weighted by Crippen LogP contribution is -2.19. The first-order valence-corrected chi connectivity index (χ1v) is 8.94. The molecule has 8 heteroatoms. The molecule has 1 aliphatic rings. The highest BCUT2D eigenvalue weighted by molar-refractivity contribution is 5.96. The minimum absolute atomic E-state index is 0.116. The van der Waals surface area contributed by atoms with Gasteiger partial charge in [-0.1, -0.05) is 48.5 Å². The van der Waals surface area contributed by atoms with E-state index >= 15 is 0 Å². The molecule has 3 aromatic rings. The monoisotopic (exact) mass is 401 g/mol. The average molecular weight is 401 g/mol. The molecule has 3 aromatic carbocycles. The summed E-state index contributed by atoms with van der Waals surface area (Å²) in [6.07, 6.45) is 1.33. The molecule has 30 heavy (non-hydrogen) atoms. The Morgan fingerprint density at radius 1 is 0.933 bits per heavy atom.